The Labute approximate surface area is 144 Å². The number of aryl methyl sites for hydroxylation is 1. The molecule has 2 saturated heterocycles. The van der Waals surface area contributed by atoms with Crippen LogP contribution < -0.4 is 4.90 Å². The molecule has 1 atom stereocenters. The highest BCUT2D eigenvalue weighted by atomic mass is 32.1. The lowest BCUT2D eigenvalue weighted by Gasteiger charge is -2.42. The summed E-state index contributed by atoms with van der Waals surface area (Å²) in [6.07, 6.45) is -0.136. The summed E-state index contributed by atoms with van der Waals surface area (Å²) >= 11 is 1.54. The number of amides is 2. The highest BCUT2D eigenvalue weighted by Gasteiger charge is 2.44. The number of hydrogen-bond donors (Lipinski definition) is 0. The maximum atomic E-state index is 12.5. The number of carbonyl (C=O) groups excluding carboxylic acids is 2. The standard InChI is InChI=1S/C16H21FN2O4S/c1-12-2-3-15(24-12)19-10-16(23-8-14(19)21)9-18(6-7-22-11-16)13(20)4-5-17/h2-3H,4-11H2,1H3. The van der Waals surface area contributed by atoms with Gasteiger partial charge in [0.2, 0.25) is 5.91 Å². The van der Waals surface area contributed by atoms with Gasteiger partial charge in [-0.2, -0.15) is 0 Å². The Morgan fingerprint density at radius 2 is 2.25 bits per heavy atom. The third kappa shape index (κ3) is 3.60. The Balaban J connectivity index is 1.80. The topological polar surface area (TPSA) is 59.1 Å². The van der Waals surface area contributed by atoms with E-state index in [4.69, 9.17) is 9.47 Å². The van der Waals surface area contributed by atoms with Gasteiger partial charge in [-0.25, -0.2) is 0 Å². The van der Waals surface area contributed by atoms with Gasteiger partial charge in [-0.15, -0.1) is 11.3 Å². The predicted molar refractivity (Wildman–Crippen MR) is 88.1 cm³/mol. The molecule has 6 nitrogen and oxygen atoms in total. The first kappa shape index (κ1) is 17.3. The molecule has 0 radical (unpaired) electrons. The van der Waals surface area contributed by atoms with Gasteiger partial charge in [0, 0.05) is 11.4 Å². The van der Waals surface area contributed by atoms with E-state index in [1.807, 2.05) is 19.1 Å². The van der Waals surface area contributed by atoms with Crippen LogP contribution in [0, 0.1) is 6.92 Å². The van der Waals surface area contributed by atoms with Crippen molar-refractivity contribution >= 4 is 28.2 Å². The lowest BCUT2D eigenvalue weighted by molar-refractivity contribution is -0.149. The Morgan fingerprint density at radius 3 is 2.96 bits per heavy atom. The molecule has 3 heterocycles. The van der Waals surface area contributed by atoms with Crippen molar-refractivity contribution in [3.8, 4) is 0 Å². The van der Waals surface area contributed by atoms with E-state index in [9.17, 15) is 14.0 Å². The number of nitrogens with zero attached hydrogens (tertiary/aromatic N) is 2. The monoisotopic (exact) mass is 356 g/mol. The quantitative estimate of drug-likeness (QED) is 0.821. The minimum atomic E-state index is -0.770. The summed E-state index contributed by atoms with van der Waals surface area (Å²) in [4.78, 5) is 28.8. The van der Waals surface area contributed by atoms with Gasteiger partial charge in [0.25, 0.3) is 5.91 Å². The summed E-state index contributed by atoms with van der Waals surface area (Å²) in [5, 5.41) is 0.867. The van der Waals surface area contributed by atoms with Crippen molar-refractivity contribution in [2.24, 2.45) is 0 Å². The Morgan fingerprint density at radius 1 is 1.42 bits per heavy atom. The van der Waals surface area contributed by atoms with Gasteiger partial charge in [0.1, 0.15) is 12.2 Å². The van der Waals surface area contributed by atoms with Gasteiger partial charge in [-0.1, -0.05) is 0 Å². The minimum absolute atomic E-state index is 0.0501. The Hall–Kier alpha value is -1.51. The third-order valence-corrected chi connectivity index (χ3v) is 5.28. The highest BCUT2D eigenvalue weighted by Crippen LogP contribution is 2.31. The predicted octanol–water partition coefficient (Wildman–Crippen LogP) is 1.38. The Kier molecular flexibility index (Phi) is 5.17. The van der Waals surface area contributed by atoms with Crippen LogP contribution in [0.15, 0.2) is 12.1 Å². The van der Waals surface area contributed by atoms with Crippen molar-refractivity contribution in [1.82, 2.24) is 4.90 Å². The van der Waals surface area contributed by atoms with E-state index in [0.717, 1.165) is 9.88 Å². The van der Waals surface area contributed by atoms with Crippen LogP contribution in [0.1, 0.15) is 11.3 Å². The molecule has 2 amide bonds. The van der Waals surface area contributed by atoms with Crippen LogP contribution >= 0.6 is 11.3 Å². The second-order valence-electron chi connectivity index (χ2n) is 6.14. The molecule has 132 valence electrons. The van der Waals surface area contributed by atoms with Gasteiger partial charge >= 0.3 is 0 Å². The number of alkyl halides is 1. The van der Waals surface area contributed by atoms with E-state index in [0.29, 0.717) is 32.8 Å². The zero-order valence-corrected chi connectivity index (χ0v) is 14.4. The molecule has 0 bridgehead atoms. The smallest absolute Gasteiger partial charge is 0.253 e. The first-order chi connectivity index (χ1) is 11.5. The van der Waals surface area contributed by atoms with E-state index in [2.05, 4.69) is 0 Å². The molecule has 0 aliphatic carbocycles. The molecule has 2 aliphatic heterocycles. The average molecular weight is 356 g/mol. The molecule has 1 aromatic rings. The molecule has 2 aliphatic rings. The number of anilines is 1. The number of halogens is 1. The maximum absolute atomic E-state index is 12.5. The third-order valence-electron chi connectivity index (χ3n) is 4.25. The summed E-state index contributed by atoms with van der Waals surface area (Å²) < 4.78 is 23.9. The fourth-order valence-corrected chi connectivity index (χ4v) is 3.90. The van der Waals surface area contributed by atoms with E-state index in [-0.39, 0.29) is 24.8 Å². The van der Waals surface area contributed by atoms with Crippen LogP contribution in [0.2, 0.25) is 0 Å². The molecular weight excluding hydrogens is 335 g/mol. The molecule has 8 heteroatoms. The van der Waals surface area contributed by atoms with E-state index in [1.165, 1.54) is 0 Å². The van der Waals surface area contributed by atoms with Crippen LogP contribution in [-0.4, -0.2) is 68.4 Å². The number of ether oxygens (including phenoxy) is 2. The van der Waals surface area contributed by atoms with E-state index in [1.54, 1.807) is 21.1 Å². The number of morpholine rings is 1. The van der Waals surface area contributed by atoms with E-state index < -0.39 is 12.3 Å². The summed E-state index contributed by atoms with van der Waals surface area (Å²) in [5.74, 6) is -0.352. The largest absolute Gasteiger partial charge is 0.376 e. The maximum Gasteiger partial charge on any atom is 0.253 e. The van der Waals surface area contributed by atoms with Crippen molar-refractivity contribution in [2.45, 2.75) is 18.9 Å². The van der Waals surface area contributed by atoms with Crippen molar-refractivity contribution in [2.75, 3.05) is 51.0 Å². The molecule has 24 heavy (non-hydrogen) atoms. The second kappa shape index (κ2) is 7.16. The van der Waals surface area contributed by atoms with Gasteiger partial charge < -0.3 is 14.4 Å². The summed E-state index contributed by atoms with van der Waals surface area (Å²) in [6.45, 7) is 2.99. The van der Waals surface area contributed by atoms with Gasteiger partial charge in [0.15, 0.2) is 0 Å². The summed E-state index contributed by atoms with van der Waals surface area (Å²) in [6, 6.07) is 3.89. The molecule has 1 unspecified atom stereocenters. The van der Waals surface area contributed by atoms with Crippen molar-refractivity contribution in [1.29, 1.82) is 0 Å². The minimum Gasteiger partial charge on any atom is -0.376 e. The molecule has 1 spiro atoms. The van der Waals surface area contributed by atoms with Gasteiger partial charge in [-0.3, -0.25) is 18.9 Å². The summed E-state index contributed by atoms with van der Waals surface area (Å²) in [5.41, 5.74) is -0.770. The molecule has 2 fully saturated rings. The normalized spacial score (nSPS) is 25.2. The zero-order valence-electron chi connectivity index (χ0n) is 13.6. The molecular formula is C16H21FN2O4S. The first-order valence-electron chi connectivity index (χ1n) is 7.95. The second-order valence-corrected chi connectivity index (χ2v) is 7.41. The first-order valence-corrected chi connectivity index (χ1v) is 8.77. The van der Waals surface area contributed by atoms with Gasteiger partial charge in [-0.05, 0) is 19.1 Å². The molecule has 0 aromatic carbocycles. The molecule has 1 aromatic heterocycles. The van der Waals surface area contributed by atoms with Crippen molar-refractivity contribution in [3.05, 3.63) is 17.0 Å². The molecule has 3 rings (SSSR count). The van der Waals surface area contributed by atoms with Crippen LogP contribution in [0.4, 0.5) is 9.39 Å². The van der Waals surface area contributed by atoms with Gasteiger partial charge in [0.05, 0.1) is 44.4 Å². The SMILES string of the molecule is Cc1ccc(N2CC3(COCCN(C(=O)CCF)C3)OCC2=O)s1. The molecule has 0 saturated carbocycles. The van der Waals surface area contributed by atoms with Crippen molar-refractivity contribution in [3.63, 3.8) is 0 Å². The number of thiophene rings is 1. The van der Waals surface area contributed by atoms with Crippen molar-refractivity contribution < 1.29 is 23.5 Å². The lowest BCUT2D eigenvalue weighted by Crippen LogP contribution is -2.61. The van der Waals surface area contributed by atoms with Crippen LogP contribution in [0.25, 0.3) is 0 Å². The molecule has 0 N–H and O–H groups in total. The average Bonchev–Trinajstić information content (AvgIpc) is 2.88. The van der Waals surface area contributed by atoms with E-state index >= 15 is 0 Å². The van der Waals surface area contributed by atoms with Crippen LogP contribution in [-0.2, 0) is 19.1 Å². The number of carbonyl (C=O) groups is 2. The number of hydrogen-bond acceptors (Lipinski definition) is 5. The van der Waals surface area contributed by atoms with Crippen LogP contribution in [0.5, 0.6) is 0 Å². The zero-order chi connectivity index (χ0) is 17.2. The highest BCUT2D eigenvalue weighted by molar-refractivity contribution is 7.16. The van der Waals surface area contributed by atoms with Crippen LogP contribution in [0.3, 0.4) is 0 Å². The fourth-order valence-electron chi connectivity index (χ4n) is 3.02. The number of rotatable bonds is 3. The Bertz CT molecular complexity index is 623. The lowest BCUT2D eigenvalue weighted by atomic mass is 10.0. The summed E-state index contributed by atoms with van der Waals surface area (Å²) in [7, 11) is 0. The fraction of sp³-hybridized carbons (Fsp3) is 0.625.